The highest BCUT2D eigenvalue weighted by molar-refractivity contribution is 5.92. The Balaban J connectivity index is 1.46. The van der Waals surface area contributed by atoms with Crippen LogP contribution in [0.3, 0.4) is 0 Å². The van der Waals surface area contributed by atoms with Crippen molar-refractivity contribution < 1.29 is 19.9 Å². The lowest BCUT2D eigenvalue weighted by molar-refractivity contribution is 0.0265. The van der Waals surface area contributed by atoms with Crippen LogP contribution in [0, 0.1) is 45.4 Å². The van der Waals surface area contributed by atoms with Crippen molar-refractivity contribution in [3.05, 3.63) is 81.8 Å². The van der Waals surface area contributed by atoms with E-state index >= 15 is 0 Å². The van der Waals surface area contributed by atoms with Gasteiger partial charge in [0.25, 0.3) is 0 Å². The minimum Gasteiger partial charge on any atom is -0.769 e. The van der Waals surface area contributed by atoms with E-state index in [1.807, 2.05) is 0 Å². The molecule has 0 heterocycles. The molecule has 3 saturated carbocycles. The second kappa shape index (κ2) is 13.8. The van der Waals surface area contributed by atoms with Crippen LogP contribution in [-0.4, -0.2) is 22.5 Å². The van der Waals surface area contributed by atoms with Gasteiger partial charge in [-0.3, -0.25) is 10.4 Å². The Kier molecular flexibility index (Phi) is 10.6. The second-order valence-electron chi connectivity index (χ2n) is 13.5. The molecular formula is C35H48N2O6-2. The molecule has 0 spiro atoms. The monoisotopic (exact) mass is 592 g/mol. The Labute approximate surface area is 256 Å². The van der Waals surface area contributed by atoms with E-state index in [2.05, 4.69) is 65.5 Å². The molecule has 0 aromatic heterocycles. The highest BCUT2D eigenvalue weighted by Gasteiger charge is 2.50. The zero-order valence-corrected chi connectivity index (χ0v) is 26.3. The number of nitrogens with zero attached hydrogens (tertiary/aromatic N) is 2. The molecule has 8 nitrogen and oxygen atoms in total. The van der Waals surface area contributed by atoms with Crippen LogP contribution < -0.4 is 10.5 Å². The standard InChI is InChI=1S/C35H48N2O6/c1-22(2)23(3)9-10-25(5)32-15-16-33-26(8-7-17-35(32,33)6)12-13-27-20-31(14-11-24(27)4)43-34(38)28-18-29(36(39)40)21-30(19-28)37(41)42/h9-10,12-13,18-19,21-23,25,31-33,39-40H,4,7-8,11,14-17,20H2,1-3,5-6H3/q-2/t23-,25+,31-,32-,33-,35-/m1/s1. The number of rotatable bonds is 9. The lowest BCUT2D eigenvalue weighted by Gasteiger charge is -2.44. The number of anilines is 2. The Hall–Kier alpha value is -2.91. The van der Waals surface area contributed by atoms with Gasteiger partial charge in [0.1, 0.15) is 6.10 Å². The molecule has 4 rings (SSSR count). The molecule has 1 aromatic carbocycles. The average Bonchev–Trinajstić information content (AvgIpc) is 3.33. The number of hydrogen-bond acceptors (Lipinski definition) is 8. The minimum absolute atomic E-state index is 0.116. The van der Waals surface area contributed by atoms with E-state index in [-0.39, 0.29) is 16.5 Å². The van der Waals surface area contributed by atoms with Gasteiger partial charge in [-0.2, -0.15) is 0 Å². The molecule has 236 valence electrons. The third kappa shape index (κ3) is 7.60. The third-order valence-electron chi connectivity index (χ3n) is 10.5. The first-order chi connectivity index (χ1) is 20.3. The molecular weight excluding hydrogens is 544 g/mol. The predicted molar refractivity (Wildman–Crippen MR) is 171 cm³/mol. The molecule has 0 amide bonds. The fourth-order valence-corrected chi connectivity index (χ4v) is 7.48. The fourth-order valence-electron chi connectivity index (χ4n) is 7.48. The van der Waals surface area contributed by atoms with Crippen molar-refractivity contribution >= 4 is 17.3 Å². The van der Waals surface area contributed by atoms with E-state index in [4.69, 9.17) is 4.74 Å². The molecule has 6 atom stereocenters. The van der Waals surface area contributed by atoms with Crippen molar-refractivity contribution in [2.75, 3.05) is 10.5 Å². The van der Waals surface area contributed by atoms with Crippen LogP contribution in [0.2, 0.25) is 0 Å². The first-order valence-electron chi connectivity index (χ1n) is 15.7. The zero-order valence-electron chi connectivity index (χ0n) is 26.3. The molecule has 1 aromatic rings. The maximum absolute atomic E-state index is 12.9. The van der Waals surface area contributed by atoms with Gasteiger partial charge in [-0.15, -0.1) is 5.23 Å². The summed E-state index contributed by atoms with van der Waals surface area (Å²) in [5.74, 6) is 2.30. The predicted octanol–water partition coefficient (Wildman–Crippen LogP) is 8.89. The molecule has 2 N–H and O–H groups in total. The van der Waals surface area contributed by atoms with Crippen LogP contribution in [0.4, 0.5) is 11.4 Å². The lowest BCUT2D eigenvalue weighted by Crippen LogP contribution is -2.35. The van der Waals surface area contributed by atoms with Crippen molar-refractivity contribution in [3.63, 3.8) is 0 Å². The quantitative estimate of drug-likeness (QED) is 0.166. The Morgan fingerprint density at radius 2 is 1.77 bits per heavy atom. The normalized spacial score (nSPS) is 29.3. The summed E-state index contributed by atoms with van der Waals surface area (Å²) in [7, 11) is 0. The van der Waals surface area contributed by atoms with E-state index < -0.39 is 23.0 Å². The number of carbonyl (C=O) groups is 1. The number of esters is 1. The molecule has 43 heavy (non-hydrogen) atoms. The summed E-state index contributed by atoms with van der Waals surface area (Å²) >= 11 is 0. The van der Waals surface area contributed by atoms with Crippen molar-refractivity contribution in [1.82, 2.24) is 0 Å². The van der Waals surface area contributed by atoms with Gasteiger partial charge in [0.2, 0.25) is 0 Å². The molecule has 8 heteroatoms. The number of carbonyl (C=O) groups excluding carboxylic acids is 1. The molecule has 0 unspecified atom stereocenters. The van der Waals surface area contributed by atoms with Crippen LogP contribution in [0.1, 0.15) is 96.3 Å². The molecule has 0 bridgehead atoms. The lowest BCUT2D eigenvalue weighted by atomic mass is 9.61. The van der Waals surface area contributed by atoms with Gasteiger partial charge < -0.3 is 20.4 Å². The molecule has 3 aliphatic carbocycles. The van der Waals surface area contributed by atoms with Gasteiger partial charge in [0.05, 0.1) is 11.3 Å². The van der Waals surface area contributed by atoms with Gasteiger partial charge in [0, 0.05) is 12.1 Å². The van der Waals surface area contributed by atoms with E-state index in [0.29, 0.717) is 54.3 Å². The molecule has 3 aliphatic rings. The van der Waals surface area contributed by atoms with Crippen molar-refractivity contribution in [2.24, 2.45) is 35.0 Å². The maximum Gasteiger partial charge on any atom is 0.338 e. The van der Waals surface area contributed by atoms with Crippen LogP contribution in [0.5, 0.6) is 0 Å². The van der Waals surface area contributed by atoms with Gasteiger partial charge in [0.15, 0.2) is 0 Å². The highest BCUT2D eigenvalue weighted by Crippen LogP contribution is 2.59. The van der Waals surface area contributed by atoms with Gasteiger partial charge in [-0.1, -0.05) is 76.6 Å². The summed E-state index contributed by atoms with van der Waals surface area (Å²) < 4.78 is 5.75. The smallest absolute Gasteiger partial charge is 0.338 e. The number of allylic oxidation sites excluding steroid dienone is 6. The maximum atomic E-state index is 12.9. The van der Waals surface area contributed by atoms with Crippen molar-refractivity contribution in [1.29, 1.82) is 0 Å². The van der Waals surface area contributed by atoms with E-state index in [0.717, 1.165) is 35.8 Å². The first-order valence-corrected chi connectivity index (χ1v) is 15.7. The molecule has 0 aliphatic heterocycles. The summed E-state index contributed by atoms with van der Waals surface area (Å²) in [6, 6.07) is 3.19. The van der Waals surface area contributed by atoms with E-state index in [1.165, 1.54) is 31.3 Å². The van der Waals surface area contributed by atoms with E-state index in [1.54, 1.807) is 0 Å². The topological polar surface area (TPSA) is 119 Å². The van der Waals surface area contributed by atoms with Gasteiger partial charge in [-0.25, -0.2) is 4.79 Å². The zero-order chi connectivity index (χ0) is 31.5. The van der Waals surface area contributed by atoms with Crippen LogP contribution in [0.15, 0.2) is 65.8 Å². The largest absolute Gasteiger partial charge is 0.769 e. The van der Waals surface area contributed by atoms with Crippen LogP contribution >= 0.6 is 0 Å². The number of hydrogen-bond donors (Lipinski definition) is 2. The molecule has 3 fully saturated rings. The van der Waals surface area contributed by atoms with Crippen molar-refractivity contribution in [3.8, 4) is 0 Å². The van der Waals surface area contributed by atoms with Crippen molar-refractivity contribution in [2.45, 2.75) is 92.1 Å². The highest BCUT2D eigenvalue weighted by atomic mass is 16.8. The number of fused-ring (bicyclic) bond motifs is 1. The Bertz CT molecular complexity index is 1240. The minimum atomic E-state index is -0.743. The SMILES string of the molecule is C=C1CC[C@@H](OC(=O)c2cc(N([O-])[O-])cc(N(O)O)c2)CC1=CC=C1CCC[C@@]2(C)[C@@H]1CC[C@@H]2[C@@H](C)C=C[C@@H](C)C(C)C. The molecule has 0 saturated heterocycles. The third-order valence-corrected chi connectivity index (χ3v) is 10.5. The number of benzene rings is 1. The Morgan fingerprint density at radius 3 is 2.44 bits per heavy atom. The number of ether oxygens (including phenoxy) is 1. The van der Waals surface area contributed by atoms with E-state index in [9.17, 15) is 25.6 Å². The van der Waals surface area contributed by atoms with Crippen LogP contribution in [0.25, 0.3) is 0 Å². The summed E-state index contributed by atoms with van der Waals surface area (Å²) in [5.41, 5.74) is 3.07. The second-order valence-corrected chi connectivity index (χ2v) is 13.5. The summed E-state index contributed by atoms with van der Waals surface area (Å²) in [5, 5.41) is 40.3. The summed E-state index contributed by atoms with van der Waals surface area (Å²) in [6.45, 7) is 16.0. The van der Waals surface area contributed by atoms with Gasteiger partial charge in [-0.05, 0) is 104 Å². The molecule has 0 radical (unpaired) electrons. The Morgan fingerprint density at radius 1 is 1.05 bits per heavy atom. The summed E-state index contributed by atoms with van der Waals surface area (Å²) in [6.07, 6.45) is 16.8. The summed E-state index contributed by atoms with van der Waals surface area (Å²) in [4.78, 5) is 12.9. The van der Waals surface area contributed by atoms with Crippen LogP contribution in [-0.2, 0) is 4.74 Å². The fraction of sp³-hybridized carbons (Fsp3) is 0.571. The average molecular weight is 593 g/mol. The first kappa shape index (κ1) is 33.0. The van der Waals surface area contributed by atoms with Gasteiger partial charge >= 0.3 is 5.97 Å².